The van der Waals surface area contributed by atoms with Crippen LogP contribution in [-0.2, 0) is 25.3 Å². The summed E-state index contributed by atoms with van der Waals surface area (Å²) in [7, 11) is 4.45. The second-order valence-electron chi connectivity index (χ2n) is 8.44. The van der Waals surface area contributed by atoms with Gasteiger partial charge >= 0.3 is 0 Å². The first-order valence-electron chi connectivity index (χ1n) is 9.72. The van der Waals surface area contributed by atoms with E-state index in [4.69, 9.17) is 0 Å². The Hall–Kier alpha value is -1.78. The maximum absolute atomic E-state index is 10.2. The number of halogens is 1. The molecule has 0 spiro atoms. The molecule has 2 heterocycles. The molecule has 4 heteroatoms. The maximum Gasteiger partial charge on any atom is 0.115 e. The van der Waals surface area contributed by atoms with Gasteiger partial charge < -0.3 is 14.6 Å². The highest BCUT2D eigenvalue weighted by molar-refractivity contribution is 9.10. The first-order valence-corrected chi connectivity index (χ1v) is 10.5. The normalized spacial score (nSPS) is 25.4. The van der Waals surface area contributed by atoms with Crippen molar-refractivity contribution in [3.8, 4) is 5.75 Å². The third kappa shape index (κ3) is 2.57. The Bertz CT molecular complexity index is 1040. The van der Waals surface area contributed by atoms with Crippen molar-refractivity contribution >= 4 is 26.8 Å². The van der Waals surface area contributed by atoms with Gasteiger partial charge in [-0.1, -0.05) is 34.1 Å². The Morgan fingerprint density at radius 1 is 1.15 bits per heavy atom. The lowest BCUT2D eigenvalue weighted by Crippen LogP contribution is -2.52. The predicted molar refractivity (Wildman–Crippen MR) is 113 cm³/mol. The van der Waals surface area contributed by atoms with Crippen molar-refractivity contribution in [1.82, 2.24) is 9.47 Å². The van der Waals surface area contributed by atoms with Crippen molar-refractivity contribution in [2.45, 2.75) is 24.7 Å². The third-order valence-corrected chi connectivity index (χ3v) is 7.50. The topological polar surface area (TPSA) is 28.4 Å². The standard InChI is InChI=1S/C23H25BrN2O/c1-25-9-8-23(15-4-3-5-18(27)10-15)13-22-20(11-16(23)14-25)19-7-6-17(24)12-21(19)26(22)2/h3-7,10,12,16,27H,8-9,11,13-14H2,1-2H3. The predicted octanol–water partition coefficient (Wildman–Crippen LogP) is 4.63. The van der Waals surface area contributed by atoms with Crippen molar-refractivity contribution in [2.75, 3.05) is 20.1 Å². The number of rotatable bonds is 1. The number of hydrogen-bond acceptors (Lipinski definition) is 2. The van der Waals surface area contributed by atoms with Crippen LogP contribution in [0.2, 0.25) is 0 Å². The first kappa shape index (κ1) is 17.3. The molecule has 3 aromatic rings. The minimum absolute atomic E-state index is 0.109. The van der Waals surface area contributed by atoms with Crippen LogP contribution in [-0.4, -0.2) is 34.7 Å². The molecule has 0 amide bonds. The molecule has 1 aliphatic carbocycles. The Kier molecular flexibility index (Phi) is 3.92. The number of phenolic OH excluding ortho intramolecular Hbond substituents is 1. The van der Waals surface area contributed by atoms with Gasteiger partial charge in [0, 0.05) is 40.1 Å². The fourth-order valence-corrected chi connectivity index (χ4v) is 5.92. The minimum Gasteiger partial charge on any atom is -0.508 e. The minimum atomic E-state index is 0.109. The van der Waals surface area contributed by atoms with Crippen molar-refractivity contribution in [3.63, 3.8) is 0 Å². The van der Waals surface area contributed by atoms with E-state index in [1.807, 2.05) is 12.1 Å². The lowest BCUT2D eigenvalue weighted by molar-refractivity contribution is 0.0985. The Labute approximate surface area is 168 Å². The molecule has 2 unspecified atom stereocenters. The molecular formula is C23H25BrN2O. The summed E-state index contributed by atoms with van der Waals surface area (Å²) in [6, 6.07) is 14.7. The Morgan fingerprint density at radius 2 is 2.00 bits per heavy atom. The van der Waals surface area contributed by atoms with E-state index in [0.717, 1.165) is 36.8 Å². The van der Waals surface area contributed by atoms with Crippen molar-refractivity contribution in [1.29, 1.82) is 0 Å². The molecule has 0 saturated carbocycles. The molecule has 1 aliphatic heterocycles. The fraction of sp³-hybridized carbons (Fsp3) is 0.391. The molecule has 5 rings (SSSR count). The Morgan fingerprint density at radius 3 is 2.81 bits per heavy atom. The summed E-state index contributed by atoms with van der Waals surface area (Å²) in [5.74, 6) is 0.950. The number of nitrogens with zero attached hydrogens (tertiary/aromatic N) is 2. The van der Waals surface area contributed by atoms with E-state index in [1.54, 1.807) is 6.07 Å². The van der Waals surface area contributed by atoms with Crippen molar-refractivity contribution in [3.05, 3.63) is 63.8 Å². The molecule has 2 aliphatic rings. The van der Waals surface area contributed by atoms with E-state index >= 15 is 0 Å². The summed E-state index contributed by atoms with van der Waals surface area (Å²) >= 11 is 3.64. The highest BCUT2D eigenvalue weighted by Crippen LogP contribution is 2.50. The molecule has 1 saturated heterocycles. The van der Waals surface area contributed by atoms with Crippen molar-refractivity contribution in [2.24, 2.45) is 13.0 Å². The van der Waals surface area contributed by atoms with Gasteiger partial charge in [0.15, 0.2) is 0 Å². The molecule has 2 atom stereocenters. The number of aryl methyl sites for hydroxylation is 1. The van der Waals surface area contributed by atoms with Crippen LogP contribution >= 0.6 is 15.9 Å². The van der Waals surface area contributed by atoms with Gasteiger partial charge in [0.2, 0.25) is 0 Å². The van der Waals surface area contributed by atoms with E-state index in [9.17, 15) is 5.11 Å². The van der Waals surface area contributed by atoms with Gasteiger partial charge in [-0.15, -0.1) is 0 Å². The second-order valence-corrected chi connectivity index (χ2v) is 9.36. The number of piperidine rings is 1. The molecule has 0 radical (unpaired) electrons. The lowest BCUT2D eigenvalue weighted by atomic mass is 9.59. The number of likely N-dealkylation sites (tertiary alicyclic amines) is 1. The monoisotopic (exact) mass is 424 g/mol. The summed E-state index contributed by atoms with van der Waals surface area (Å²) in [5.41, 5.74) is 5.71. The van der Waals surface area contributed by atoms with E-state index in [1.165, 1.54) is 27.7 Å². The van der Waals surface area contributed by atoms with E-state index in [2.05, 4.69) is 63.8 Å². The molecule has 0 bridgehead atoms. The summed E-state index contributed by atoms with van der Waals surface area (Å²) < 4.78 is 3.53. The number of hydrogen-bond donors (Lipinski definition) is 1. The number of aromatic hydroxyl groups is 1. The number of aromatic nitrogens is 1. The zero-order valence-electron chi connectivity index (χ0n) is 15.9. The highest BCUT2D eigenvalue weighted by Gasteiger charge is 2.48. The van der Waals surface area contributed by atoms with Crippen LogP contribution in [0.4, 0.5) is 0 Å². The molecule has 1 aromatic heterocycles. The maximum atomic E-state index is 10.2. The van der Waals surface area contributed by atoms with Gasteiger partial charge in [-0.05, 0) is 74.2 Å². The van der Waals surface area contributed by atoms with Gasteiger partial charge in [-0.2, -0.15) is 0 Å². The molecule has 27 heavy (non-hydrogen) atoms. The smallest absolute Gasteiger partial charge is 0.115 e. The van der Waals surface area contributed by atoms with Crippen LogP contribution in [0.25, 0.3) is 10.9 Å². The van der Waals surface area contributed by atoms with Gasteiger partial charge in [0.1, 0.15) is 5.75 Å². The van der Waals surface area contributed by atoms with Crippen LogP contribution < -0.4 is 0 Å². The zero-order chi connectivity index (χ0) is 18.8. The Balaban J connectivity index is 1.72. The molecule has 2 aromatic carbocycles. The summed E-state index contributed by atoms with van der Waals surface area (Å²) in [4.78, 5) is 2.47. The second kappa shape index (κ2) is 6.11. The third-order valence-electron chi connectivity index (χ3n) is 7.01. The molecule has 1 N–H and O–H groups in total. The quantitative estimate of drug-likeness (QED) is 0.616. The summed E-state index contributed by atoms with van der Waals surface area (Å²) in [6.07, 6.45) is 3.30. The van der Waals surface area contributed by atoms with Crippen LogP contribution in [0.5, 0.6) is 5.75 Å². The fourth-order valence-electron chi connectivity index (χ4n) is 5.57. The molecule has 3 nitrogen and oxygen atoms in total. The van der Waals surface area contributed by atoms with E-state index < -0.39 is 0 Å². The average molecular weight is 425 g/mol. The molecule has 140 valence electrons. The summed E-state index contributed by atoms with van der Waals surface area (Å²) in [6.45, 7) is 2.22. The zero-order valence-corrected chi connectivity index (χ0v) is 17.5. The van der Waals surface area contributed by atoms with Crippen LogP contribution in [0.15, 0.2) is 46.9 Å². The van der Waals surface area contributed by atoms with E-state index in [0.29, 0.717) is 11.7 Å². The SMILES string of the molecule is CN1CCC2(c3cccc(O)c3)Cc3c(c4ccc(Br)cc4n3C)CC2C1. The van der Waals surface area contributed by atoms with Gasteiger partial charge in [-0.3, -0.25) is 0 Å². The molecule has 1 fully saturated rings. The first-order chi connectivity index (χ1) is 13.0. The number of fused-ring (bicyclic) bond motifs is 4. The van der Waals surface area contributed by atoms with Crippen molar-refractivity contribution < 1.29 is 5.11 Å². The number of benzene rings is 2. The van der Waals surface area contributed by atoms with Gasteiger partial charge in [0.05, 0.1) is 0 Å². The summed E-state index contributed by atoms with van der Waals surface area (Å²) in [5, 5.41) is 11.6. The van der Waals surface area contributed by atoms with Crippen LogP contribution in [0.1, 0.15) is 23.2 Å². The number of phenols is 1. The largest absolute Gasteiger partial charge is 0.508 e. The highest BCUT2D eigenvalue weighted by atomic mass is 79.9. The van der Waals surface area contributed by atoms with E-state index in [-0.39, 0.29) is 5.41 Å². The lowest BCUT2D eigenvalue weighted by Gasteiger charge is -2.50. The van der Waals surface area contributed by atoms with Gasteiger partial charge in [-0.25, -0.2) is 0 Å². The van der Waals surface area contributed by atoms with Crippen LogP contribution in [0, 0.1) is 5.92 Å². The average Bonchev–Trinajstić information content (AvgIpc) is 2.91. The molecular weight excluding hydrogens is 400 g/mol. The van der Waals surface area contributed by atoms with Gasteiger partial charge in [0.25, 0.3) is 0 Å². The van der Waals surface area contributed by atoms with Crippen LogP contribution in [0.3, 0.4) is 0 Å².